The van der Waals surface area contributed by atoms with Gasteiger partial charge in [0, 0.05) is 11.5 Å². The number of esters is 2. The maximum absolute atomic E-state index is 13.0. The first-order valence-corrected chi connectivity index (χ1v) is 17.2. The van der Waals surface area contributed by atoms with Crippen molar-refractivity contribution in [2.24, 2.45) is 44.3 Å². The second-order valence-corrected chi connectivity index (χ2v) is 17.1. The van der Waals surface area contributed by atoms with E-state index in [4.69, 9.17) is 9.47 Å². The molecule has 5 aliphatic rings. The van der Waals surface area contributed by atoms with Gasteiger partial charge in [-0.1, -0.05) is 65.8 Å². The van der Waals surface area contributed by atoms with Gasteiger partial charge in [0.15, 0.2) is 0 Å². The minimum absolute atomic E-state index is 0.0244. The predicted octanol–water partition coefficient (Wildman–Crippen LogP) is 9.21. The van der Waals surface area contributed by atoms with Crippen molar-refractivity contribution >= 4 is 18.0 Å². The van der Waals surface area contributed by atoms with Gasteiger partial charge in [0.2, 0.25) is 0 Å². The summed E-state index contributed by atoms with van der Waals surface area (Å²) in [6.45, 7) is 16.8. The van der Waals surface area contributed by atoms with E-state index in [1.807, 2.05) is 0 Å². The lowest BCUT2D eigenvalue weighted by atomic mass is 9.35. The van der Waals surface area contributed by atoms with Gasteiger partial charge in [-0.05, 0) is 133 Å². The molecule has 0 aromatic heterocycles. The van der Waals surface area contributed by atoms with Crippen LogP contribution in [0.2, 0.25) is 0 Å². The normalized spacial score (nSPS) is 41.8. The Labute approximate surface area is 270 Å². The third-order valence-electron chi connectivity index (χ3n) is 14.4. The minimum Gasteiger partial charge on any atom is -0.508 e. The Bertz CT molecular complexity index is 1470. The first-order valence-electron chi connectivity index (χ1n) is 17.2. The summed E-state index contributed by atoms with van der Waals surface area (Å²) in [6, 6.07) is 6.79. The highest BCUT2D eigenvalue weighted by Gasteiger charge is 2.66. The summed E-state index contributed by atoms with van der Waals surface area (Å²) >= 11 is 0. The van der Waals surface area contributed by atoms with Gasteiger partial charge in [-0.25, -0.2) is 4.79 Å². The van der Waals surface area contributed by atoms with Gasteiger partial charge in [0.1, 0.15) is 11.9 Å². The highest BCUT2D eigenvalue weighted by molar-refractivity contribution is 5.87. The average Bonchev–Trinajstić information content (AvgIpc) is 3.00. The van der Waals surface area contributed by atoms with E-state index in [-0.39, 0.29) is 50.9 Å². The number of hydrogen-bond donors (Lipinski definition) is 1. The average molecular weight is 615 g/mol. The monoisotopic (exact) mass is 614 g/mol. The summed E-state index contributed by atoms with van der Waals surface area (Å²) in [4.78, 5) is 26.0. The second-order valence-electron chi connectivity index (χ2n) is 17.1. The van der Waals surface area contributed by atoms with Crippen LogP contribution in [0.3, 0.4) is 0 Å². The van der Waals surface area contributed by atoms with E-state index in [9.17, 15) is 14.7 Å². The van der Waals surface area contributed by atoms with Crippen molar-refractivity contribution in [3.63, 3.8) is 0 Å². The molecule has 244 valence electrons. The van der Waals surface area contributed by atoms with E-state index in [1.165, 1.54) is 18.9 Å². The Hall–Kier alpha value is -2.82. The molecule has 1 N–H and O–H groups in total. The Morgan fingerprint density at radius 1 is 0.867 bits per heavy atom. The Kier molecular flexibility index (Phi) is 7.57. The molecule has 1 aromatic rings. The van der Waals surface area contributed by atoms with Crippen LogP contribution >= 0.6 is 0 Å². The highest BCUT2D eigenvalue weighted by atomic mass is 16.5. The molecule has 5 aliphatic carbocycles. The number of fused-ring (bicyclic) bond motifs is 7. The summed E-state index contributed by atoms with van der Waals surface area (Å²) < 4.78 is 11.5. The molecule has 0 amide bonds. The first kappa shape index (κ1) is 32.1. The molecular weight excluding hydrogens is 560 g/mol. The minimum atomic E-state index is -0.415. The van der Waals surface area contributed by atoms with Crippen molar-refractivity contribution in [1.82, 2.24) is 0 Å². The molecule has 5 heteroatoms. The van der Waals surface area contributed by atoms with Crippen molar-refractivity contribution < 1.29 is 24.2 Å². The number of rotatable bonds is 4. The van der Waals surface area contributed by atoms with E-state index in [2.05, 4.69) is 60.6 Å². The topological polar surface area (TPSA) is 72.8 Å². The van der Waals surface area contributed by atoms with Crippen molar-refractivity contribution in [3.05, 3.63) is 59.2 Å². The quantitative estimate of drug-likeness (QED) is 0.270. The van der Waals surface area contributed by atoms with Crippen LogP contribution in [-0.4, -0.2) is 30.3 Å². The van der Waals surface area contributed by atoms with E-state index in [1.54, 1.807) is 48.6 Å². The molecule has 8 unspecified atom stereocenters. The molecule has 0 spiro atoms. The van der Waals surface area contributed by atoms with E-state index in [0.717, 1.165) is 50.5 Å². The summed E-state index contributed by atoms with van der Waals surface area (Å²) in [5.41, 5.74) is 3.74. The fraction of sp³-hybridized carbons (Fsp3) is 0.650. The molecular formula is C40H54O5. The van der Waals surface area contributed by atoms with Crippen molar-refractivity contribution in [3.8, 4) is 5.75 Å². The van der Waals surface area contributed by atoms with Gasteiger partial charge in [-0.2, -0.15) is 0 Å². The molecule has 0 radical (unpaired) electrons. The molecule has 8 atom stereocenters. The molecule has 3 fully saturated rings. The van der Waals surface area contributed by atoms with E-state index >= 15 is 0 Å². The van der Waals surface area contributed by atoms with Crippen LogP contribution in [0.4, 0.5) is 0 Å². The van der Waals surface area contributed by atoms with Crippen LogP contribution < -0.4 is 0 Å². The molecule has 3 saturated carbocycles. The third-order valence-corrected chi connectivity index (χ3v) is 14.4. The largest absolute Gasteiger partial charge is 0.508 e. The lowest BCUT2D eigenvalue weighted by Crippen LogP contribution is -2.61. The standard InChI is InChI=1S/C40H54O5/c1-35(2)30-15-14-29-28(38(30,5)19-18-32(35)45-33(42)16-11-26-9-12-27(41)13-10-26)17-20-40(7)31-25-37(4,34(43)44-8)22-21-36(31,3)23-24-39(29,40)6/h9-14,16-17,30-32,41H,15,18-25H2,1-8H3. The maximum atomic E-state index is 13.0. The zero-order chi connectivity index (χ0) is 32.6. The summed E-state index contributed by atoms with van der Waals surface area (Å²) in [5, 5.41) is 9.54. The smallest absolute Gasteiger partial charge is 0.331 e. The summed E-state index contributed by atoms with van der Waals surface area (Å²) in [5.74, 6) is 0.665. The van der Waals surface area contributed by atoms with Crippen molar-refractivity contribution in [2.75, 3.05) is 7.11 Å². The molecule has 45 heavy (non-hydrogen) atoms. The lowest BCUT2D eigenvalue weighted by molar-refractivity contribution is -0.174. The number of carbonyl (C=O) groups is 2. The zero-order valence-electron chi connectivity index (χ0n) is 28.8. The highest BCUT2D eigenvalue weighted by Crippen LogP contribution is 2.74. The van der Waals surface area contributed by atoms with Crippen molar-refractivity contribution in [2.45, 2.75) is 112 Å². The van der Waals surface area contributed by atoms with E-state index < -0.39 is 5.41 Å². The number of phenolic OH excluding ortho intramolecular Hbond substituents is 1. The number of aromatic hydroxyl groups is 1. The molecule has 6 rings (SSSR count). The lowest BCUT2D eigenvalue weighted by Gasteiger charge is -2.68. The Morgan fingerprint density at radius 3 is 2.24 bits per heavy atom. The molecule has 1 aromatic carbocycles. The fourth-order valence-corrected chi connectivity index (χ4v) is 11.2. The number of ether oxygens (including phenoxy) is 2. The SMILES string of the molecule is COC(=O)C1(C)CCC2(C)CCC3(C)C4=CCC5C(C)(CCC(OC(=O)C=Cc6ccc(O)cc6)C5(C)C)C4=CCC3(C)C2C1. The van der Waals surface area contributed by atoms with Gasteiger partial charge >= 0.3 is 11.9 Å². The Balaban J connectivity index is 1.26. The predicted molar refractivity (Wildman–Crippen MR) is 178 cm³/mol. The number of hydrogen-bond acceptors (Lipinski definition) is 5. The van der Waals surface area contributed by atoms with Gasteiger partial charge in [-0.15, -0.1) is 0 Å². The number of methoxy groups -OCH3 is 1. The molecule has 0 heterocycles. The van der Waals surface area contributed by atoms with Gasteiger partial charge < -0.3 is 14.6 Å². The molecule has 0 aliphatic heterocycles. The zero-order valence-corrected chi connectivity index (χ0v) is 28.8. The number of allylic oxidation sites excluding steroid dienone is 4. The van der Waals surface area contributed by atoms with Crippen LogP contribution in [0.15, 0.2) is 53.6 Å². The number of benzene rings is 1. The maximum Gasteiger partial charge on any atom is 0.331 e. The van der Waals surface area contributed by atoms with Crippen LogP contribution in [0.1, 0.15) is 112 Å². The van der Waals surface area contributed by atoms with Crippen molar-refractivity contribution in [1.29, 1.82) is 0 Å². The summed E-state index contributed by atoms with van der Waals surface area (Å²) in [7, 11) is 1.54. The number of phenols is 1. The van der Waals surface area contributed by atoms with Crippen LogP contribution in [-0.2, 0) is 19.1 Å². The second kappa shape index (κ2) is 10.6. The third kappa shape index (κ3) is 4.76. The number of carbonyl (C=O) groups excluding carboxylic acids is 2. The van der Waals surface area contributed by atoms with Crippen LogP contribution in [0.25, 0.3) is 6.08 Å². The van der Waals surface area contributed by atoms with Gasteiger partial charge in [0.05, 0.1) is 12.5 Å². The van der Waals surface area contributed by atoms with Crippen LogP contribution in [0, 0.1) is 44.3 Å². The van der Waals surface area contributed by atoms with Gasteiger partial charge in [-0.3, -0.25) is 4.79 Å². The summed E-state index contributed by atoms with van der Waals surface area (Å²) in [6.07, 6.45) is 17.4. The van der Waals surface area contributed by atoms with E-state index in [0.29, 0.717) is 11.8 Å². The molecule has 5 nitrogen and oxygen atoms in total. The molecule has 0 bridgehead atoms. The fourth-order valence-electron chi connectivity index (χ4n) is 11.2. The van der Waals surface area contributed by atoms with Crippen LogP contribution in [0.5, 0.6) is 5.75 Å². The van der Waals surface area contributed by atoms with Gasteiger partial charge in [0.25, 0.3) is 0 Å². The first-order chi connectivity index (χ1) is 21.0. The Morgan fingerprint density at radius 2 is 1.56 bits per heavy atom. The molecule has 0 saturated heterocycles.